The zero-order valence-electron chi connectivity index (χ0n) is 14.3. The molecule has 0 unspecified atom stereocenters. The number of nitrogens with one attached hydrogen (secondary N) is 1. The van der Waals surface area contributed by atoms with Gasteiger partial charge in [0.2, 0.25) is 0 Å². The molecule has 0 spiro atoms. The largest absolute Gasteiger partial charge is 0.496 e. The van der Waals surface area contributed by atoms with Crippen LogP contribution in [-0.4, -0.2) is 17.1 Å². The highest BCUT2D eigenvalue weighted by atomic mass is 32.2. The minimum absolute atomic E-state index is 0.570. The molecule has 0 aliphatic carbocycles. The van der Waals surface area contributed by atoms with Gasteiger partial charge in [-0.05, 0) is 53.9 Å². The second-order valence-corrected chi connectivity index (χ2v) is 7.38. The lowest BCUT2D eigenvalue weighted by molar-refractivity contribution is 0.416. The Kier molecular flexibility index (Phi) is 4.92. The summed E-state index contributed by atoms with van der Waals surface area (Å²) in [5.41, 5.74) is 3.42. The maximum absolute atomic E-state index is 9.11. The van der Waals surface area contributed by atoms with E-state index in [1.54, 1.807) is 43.0 Å². The molecule has 0 aliphatic rings. The summed E-state index contributed by atoms with van der Waals surface area (Å²) in [4.78, 5) is 9.78. The second-order valence-electron chi connectivity index (χ2n) is 5.61. The average Bonchev–Trinajstić information content (AvgIpc) is 3.25. The van der Waals surface area contributed by atoms with Gasteiger partial charge in [-0.1, -0.05) is 6.07 Å². The minimum Gasteiger partial charge on any atom is -0.496 e. The first-order valence-electron chi connectivity index (χ1n) is 8.08. The van der Waals surface area contributed by atoms with Gasteiger partial charge in [-0.2, -0.15) is 5.26 Å². The third kappa shape index (κ3) is 3.58. The van der Waals surface area contributed by atoms with Crippen molar-refractivity contribution in [1.82, 2.24) is 9.97 Å². The molecule has 0 saturated carbocycles. The lowest BCUT2D eigenvalue weighted by Crippen LogP contribution is -1.92. The molecule has 5 nitrogen and oxygen atoms in total. The van der Waals surface area contributed by atoms with E-state index < -0.39 is 0 Å². The van der Waals surface area contributed by atoms with Crippen molar-refractivity contribution >= 4 is 39.3 Å². The van der Waals surface area contributed by atoms with Gasteiger partial charge >= 0.3 is 0 Å². The molecule has 0 radical (unpaired) electrons. The van der Waals surface area contributed by atoms with E-state index in [2.05, 4.69) is 32.9 Å². The molecule has 0 saturated heterocycles. The number of pyridine rings is 1. The Balaban J connectivity index is 1.72. The van der Waals surface area contributed by atoms with Crippen molar-refractivity contribution in [2.24, 2.45) is 0 Å². The zero-order valence-corrected chi connectivity index (χ0v) is 16.0. The Morgan fingerprint density at radius 3 is 2.78 bits per heavy atom. The summed E-state index contributed by atoms with van der Waals surface area (Å²) in [5.74, 6) is 0.672. The average molecular weight is 390 g/mol. The summed E-state index contributed by atoms with van der Waals surface area (Å²) in [7, 11) is 1.61. The van der Waals surface area contributed by atoms with Crippen molar-refractivity contribution in [2.75, 3.05) is 11.8 Å². The molecule has 2 aromatic heterocycles. The van der Waals surface area contributed by atoms with Gasteiger partial charge in [-0.3, -0.25) is 4.98 Å². The number of methoxy groups -OCH3 is 1. The van der Waals surface area contributed by atoms with Crippen LogP contribution in [0.25, 0.3) is 22.0 Å². The fourth-order valence-electron chi connectivity index (χ4n) is 2.79. The summed E-state index contributed by atoms with van der Waals surface area (Å²) in [6, 6.07) is 15.7. The maximum atomic E-state index is 9.11. The SMILES string of the molecule is COc1cc(C#N)ccc1-c1ccnc2cc(SNc3nccs3)ccc12. The summed E-state index contributed by atoms with van der Waals surface area (Å²) < 4.78 is 8.73. The number of rotatable bonds is 5. The number of benzene rings is 2. The zero-order chi connectivity index (χ0) is 18.6. The van der Waals surface area contributed by atoms with Gasteiger partial charge in [0.1, 0.15) is 5.75 Å². The van der Waals surface area contributed by atoms with Crippen LogP contribution in [0.5, 0.6) is 5.75 Å². The van der Waals surface area contributed by atoms with Gasteiger partial charge < -0.3 is 9.46 Å². The number of anilines is 1. The van der Waals surface area contributed by atoms with Crippen LogP contribution in [0.3, 0.4) is 0 Å². The number of fused-ring (bicyclic) bond motifs is 1. The lowest BCUT2D eigenvalue weighted by atomic mass is 9.99. The van der Waals surface area contributed by atoms with E-state index in [1.165, 1.54) is 11.9 Å². The first-order chi connectivity index (χ1) is 13.3. The third-order valence-electron chi connectivity index (χ3n) is 4.02. The number of hydrogen-bond acceptors (Lipinski definition) is 7. The standard InChI is InChI=1S/C20H14N4OS2/c1-25-19-10-13(12-21)2-4-17(19)15-6-7-22-18-11-14(3-5-16(15)18)27-24-20-23-8-9-26-20/h2-11H,1H3,(H,23,24). The highest BCUT2D eigenvalue weighted by Gasteiger charge is 2.11. The third-order valence-corrected chi connectivity index (χ3v) is 5.63. The van der Waals surface area contributed by atoms with Crippen LogP contribution in [0.4, 0.5) is 5.13 Å². The number of thiazole rings is 1. The molecule has 0 bridgehead atoms. The van der Waals surface area contributed by atoms with Gasteiger partial charge in [-0.15, -0.1) is 11.3 Å². The van der Waals surface area contributed by atoms with Gasteiger partial charge in [0.15, 0.2) is 5.13 Å². The predicted molar refractivity (Wildman–Crippen MR) is 110 cm³/mol. The van der Waals surface area contributed by atoms with E-state index in [0.29, 0.717) is 11.3 Å². The van der Waals surface area contributed by atoms with E-state index in [-0.39, 0.29) is 0 Å². The first-order valence-corrected chi connectivity index (χ1v) is 9.78. The number of ether oxygens (including phenoxy) is 1. The Morgan fingerprint density at radius 2 is 2.00 bits per heavy atom. The Labute approximate surface area is 164 Å². The lowest BCUT2D eigenvalue weighted by Gasteiger charge is -2.12. The minimum atomic E-state index is 0.570. The number of nitrogens with zero attached hydrogens (tertiary/aromatic N) is 3. The van der Waals surface area contributed by atoms with E-state index in [9.17, 15) is 0 Å². The van der Waals surface area contributed by atoms with Crippen molar-refractivity contribution in [3.63, 3.8) is 0 Å². The molecule has 4 aromatic rings. The van der Waals surface area contributed by atoms with E-state index in [4.69, 9.17) is 10.00 Å². The van der Waals surface area contributed by atoms with Crippen LogP contribution in [0.1, 0.15) is 5.56 Å². The van der Waals surface area contributed by atoms with Gasteiger partial charge in [-0.25, -0.2) is 4.98 Å². The Morgan fingerprint density at radius 1 is 1.07 bits per heavy atom. The van der Waals surface area contributed by atoms with Crippen molar-refractivity contribution in [2.45, 2.75) is 4.90 Å². The van der Waals surface area contributed by atoms with Crippen LogP contribution in [-0.2, 0) is 0 Å². The normalized spacial score (nSPS) is 10.5. The molecule has 1 N–H and O–H groups in total. The molecule has 7 heteroatoms. The van der Waals surface area contributed by atoms with Crippen LogP contribution in [0, 0.1) is 11.3 Å². The van der Waals surface area contributed by atoms with Gasteiger partial charge in [0.25, 0.3) is 0 Å². The van der Waals surface area contributed by atoms with Gasteiger partial charge in [0.05, 0.1) is 24.3 Å². The molecule has 0 fully saturated rings. The van der Waals surface area contributed by atoms with Crippen molar-refractivity contribution in [3.8, 4) is 22.9 Å². The molecule has 27 heavy (non-hydrogen) atoms. The topological polar surface area (TPSA) is 70.8 Å². The molecule has 0 aliphatic heterocycles. The second kappa shape index (κ2) is 7.66. The fourth-order valence-corrected chi connectivity index (χ4v) is 4.04. The Hall–Kier alpha value is -3.08. The Bertz CT molecular complexity index is 1140. The number of nitriles is 1. The molecule has 2 aromatic carbocycles. The first kappa shape index (κ1) is 17.3. The smallest absolute Gasteiger partial charge is 0.192 e. The quantitative estimate of drug-likeness (QED) is 0.463. The monoisotopic (exact) mass is 390 g/mol. The van der Waals surface area contributed by atoms with Crippen molar-refractivity contribution in [1.29, 1.82) is 5.26 Å². The van der Waals surface area contributed by atoms with Crippen LogP contribution in [0.15, 0.2) is 65.1 Å². The molecule has 0 atom stereocenters. The molecule has 0 amide bonds. The van der Waals surface area contributed by atoms with Gasteiger partial charge in [0, 0.05) is 33.6 Å². The number of aromatic nitrogens is 2. The predicted octanol–water partition coefficient (Wildman–Crippen LogP) is 5.36. The van der Waals surface area contributed by atoms with E-state index in [1.807, 2.05) is 23.6 Å². The summed E-state index contributed by atoms with van der Waals surface area (Å²) in [6.07, 6.45) is 3.56. The van der Waals surface area contributed by atoms with Crippen molar-refractivity contribution in [3.05, 3.63) is 65.8 Å². The molecular formula is C20H14N4OS2. The van der Waals surface area contributed by atoms with Crippen LogP contribution < -0.4 is 9.46 Å². The summed E-state index contributed by atoms with van der Waals surface area (Å²) in [5, 5.41) is 12.9. The van der Waals surface area contributed by atoms with E-state index >= 15 is 0 Å². The molecule has 2 heterocycles. The highest BCUT2D eigenvalue weighted by Crippen LogP contribution is 2.36. The van der Waals surface area contributed by atoms with Crippen LogP contribution >= 0.6 is 23.3 Å². The number of hydrogen-bond donors (Lipinski definition) is 1. The van der Waals surface area contributed by atoms with Crippen LogP contribution in [0.2, 0.25) is 0 Å². The summed E-state index contributed by atoms with van der Waals surface area (Å²) in [6.45, 7) is 0. The maximum Gasteiger partial charge on any atom is 0.192 e. The summed E-state index contributed by atoms with van der Waals surface area (Å²) >= 11 is 3.06. The van der Waals surface area contributed by atoms with Crippen molar-refractivity contribution < 1.29 is 4.74 Å². The highest BCUT2D eigenvalue weighted by molar-refractivity contribution is 8.00. The molecule has 132 valence electrons. The molecular weight excluding hydrogens is 376 g/mol. The van der Waals surface area contributed by atoms with E-state index in [0.717, 1.165) is 32.1 Å². The fraction of sp³-hybridized carbons (Fsp3) is 0.0500. The molecule has 4 rings (SSSR count).